The Labute approximate surface area is 158 Å². The van der Waals surface area contributed by atoms with E-state index in [2.05, 4.69) is 0 Å². The molecule has 0 amide bonds. The number of rotatable bonds is 5. The lowest BCUT2D eigenvalue weighted by Gasteiger charge is -2.34. The second kappa shape index (κ2) is 7.54. The zero-order valence-electron chi connectivity index (χ0n) is 15.1. The highest BCUT2D eigenvalue weighted by Crippen LogP contribution is 2.36. The number of methoxy groups -OCH3 is 1. The zero-order valence-corrected chi connectivity index (χ0v) is 15.9. The lowest BCUT2D eigenvalue weighted by Crippen LogP contribution is -2.40. The summed E-state index contributed by atoms with van der Waals surface area (Å²) >= 11 is 0. The van der Waals surface area contributed by atoms with E-state index in [9.17, 15) is 18.3 Å². The number of carboxylic acids is 1. The van der Waals surface area contributed by atoms with E-state index in [-0.39, 0.29) is 17.0 Å². The summed E-state index contributed by atoms with van der Waals surface area (Å²) in [5.41, 5.74) is 1.49. The molecule has 1 N–H and O–H groups in total. The lowest BCUT2D eigenvalue weighted by atomic mass is 9.98. The Balaban J connectivity index is 2.08. The van der Waals surface area contributed by atoms with Crippen molar-refractivity contribution in [1.82, 2.24) is 4.31 Å². The number of carbonyl (C=O) groups is 1. The van der Waals surface area contributed by atoms with Crippen LogP contribution in [0.2, 0.25) is 0 Å². The molecule has 1 unspecified atom stereocenters. The first kappa shape index (κ1) is 19.1. The van der Waals surface area contributed by atoms with Gasteiger partial charge in [0.25, 0.3) is 0 Å². The molecule has 27 heavy (non-hydrogen) atoms. The molecule has 2 aromatic rings. The Morgan fingerprint density at radius 1 is 1.15 bits per heavy atom. The Bertz CT molecular complexity index is 980. The monoisotopic (exact) mass is 387 g/mol. The van der Waals surface area contributed by atoms with Crippen LogP contribution in [0.25, 0.3) is 0 Å². The number of nitrogens with zero attached hydrogens (tertiary/aromatic N) is 1. The topological polar surface area (TPSA) is 83.9 Å². The van der Waals surface area contributed by atoms with Gasteiger partial charge in [0.15, 0.2) is 0 Å². The number of carboxylic acid groups (broad SMARTS) is 1. The minimum absolute atomic E-state index is 0.0805. The predicted octanol–water partition coefficient (Wildman–Crippen LogP) is 3.15. The molecule has 0 fully saturated rings. The van der Waals surface area contributed by atoms with Gasteiger partial charge in [-0.05, 0) is 42.7 Å². The molecule has 3 rings (SSSR count). The normalized spacial score (nSPS) is 18.0. The van der Waals surface area contributed by atoms with Crippen molar-refractivity contribution in [3.8, 4) is 5.75 Å². The number of benzene rings is 2. The number of aliphatic carboxylic acids is 1. The van der Waals surface area contributed by atoms with E-state index in [1.54, 1.807) is 56.5 Å². The van der Waals surface area contributed by atoms with Crippen LogP contribution in [-0.2, 0) is 14.8 Å². The molecule has 0 aliphatic carbocycles. The van der Waals surface area contributed by atoms with Crippen LogP contribution >= 0.6 is 0 Å². The molecule has 0 saturated carbocycles. The van der Waals surface area contributed by atoms with Crippen molar-refractivity contribution in [1.29, 1.82) is 0 Å². The van der Waals surface area contributed by atoms with Gasteiger partial charge in [0.2, 0.25) is 10.0 Å². The molecule has 0 radical (unpaired) electrons. The van der Waals surface area contributed by atoms with E-state index in [0.717, 1.165) is 5.56 Å². The lowest BCUT2D eigenvalue weighted by molar-refractivity contribution is -0.133. The maximum atomic E-state index is 13.4. The quantitative estimate of drug-likeness (QED) is 0.852. The summed E-state index contributed by atoms with van der Waals surface area (Å²) in [6, 6.07) is 13.4. The van der Waals surface area contributed by atoms with Gasteiger partial charge in [-0.15, -0.1) is 0 Å². The number of ether oxygens (including phenoxy) is 1. The molecule has 0 bridgehead atoms. The molecular formula is C20H21NO5S. The Kier molecular flexibility index (Phi) is 5.34. The van der Waals surface area contributed by atoms with Crippen molar-refractivity contribution in [3.05, 3.63) is 71.3 Å². The third kappa shape index (κ3) is 3.74. The maximum Gasteiger partial charge on any atom is 0.332 e. The van der Waals surface area contributed by atoms with Crippen LogP contribution in [0, 0.1) is 6.92 Å². The number of aryl methyl sites for hydroxylation is 1. The molecule has 1 aliphatic rings. The summed E-state index contributed by atoms with van der Waals surface area (Å²) in [5.74, 6) is -0.433. The number of hydrogen-bond donors (Lipinski definition) is 1. The van der Waals surface area contributed by atoms with Gasteiger partial charge >= 0.3 is 5.97 Å². The van der Waals surface area contributed by atoms with Gasteiger partial charge in [-0.2, -0.15) is 4.31 Å². The van der Waals surface area contributed by atoms with Crippen LogP contribution in [0.15, 0.2) is 65.1 Å². The minimum atomic E-state index is -3.87. The fraction of sp³-hybridized carbons (Fsp3) is 0.250. The molecule has 142 valence electrons. The van der Waals surface area contributed by atoms with Gasteiger partial charge in [-0.3, -0.25) is 0 Å². The highest BCUT2D eigenvalue weighted by Gasteiger charge is 2.37. The van der Waals surface area contributed by atoms with Crippen LogP contribution in [0.3, 0.4) is 0 Å². The van der Waals surface area contributed by atoms with Crippen LogP contribution in [0.1, 0.15) is 23.6 Å². The third-order valence-corrected chi connectivity index (χ3v) is 6.73. The highest BCUT2D eigenvalue weighted by molar-refractivity contribution is 7.89. The average molecular weight is 387 g/mol. The van der Waals surface area contributed by atoms with Crippen LogP contribution in [-0.4, -0.2) is 37.5 Å². The summed E-state index contributed by atoms with van der Waals surface area (Å²) in [6.07, 6.45) is 1.89. The zero-order chi connectivity index (χ0) is 19.6. The van der Waals surface area contributed by atoms with Gasteiger partial charge in [0.05, 0.1) is 18.0 Å². The highest BCUT2D eigenvalue weighted by atomic mass is 32.2. The Morgan fingerprint density at radius 2 is 1.81 bits per heavy atom. The van der Waals surface area contributed by atoms with Crippen molar-refractivity contribution < 1.29 is 23.1 Å². The van der Waals surface area contributed by atoms with Gasteiger partial charge in [0, 0.05) is 12.1 Å². The molecule has 0 saturated heterocycles. The second-order valence-corrected chi connectivity index (χ2v) is 8.23. The smallest absolute Gasteiger partial charge is 0.332 e. The van der Waals surface area contributed by atoms with Crippen molar-refractivity contribution in [2.75, 3.05) is 13.7 Å². The van der Waals surface area contributed by atoms with Gasteiger partial charge in [-0.1, -0.05) is 36.4 Å². The summed E-state index contributed by atoms with van der Waals surface area (Å²) in [7, 11) is -2.31. The molecule has 7 heteroatoms. The van der Waals surface area contributed by atoms with Crippen molar-refractivity contribution in [2.45, 2.75) is 24.3 Å². The maximum absolute atomic E-state index is 13.4. The first-order valence-electron chi connectivity index (χ1n) is 8.48. The van der Waals surface area contributed by atoms with Gasteiger partial charge in [0.1, 0.15) is 5.75 Å². The summed E-state index contributed by atoms with van der Waals surface area (Å²) in [6.45, 7) is 1.55. The molecule has 6 nitrogen and oxygen atoms in total. The first-order valence-corrected chi connectivity index (χ1v) is 9.92. The summed E-state index contributed by atoms with van der Waals surface area (Å²) in [5, 5.41) is 9.37. The van der Waals surface area contributed by atoms with E-state index in [4.69, 9.17) is 4.74 Å². The largest absolute Gasteiger partial charge is 0.497 e. The second-order valence-electron chi connectivity index (χ2n) is 6.37. The number of sulfonamides is 1. The van der Waals surface area contributed by atoms with E-state index in [1.807, 2.05) is 12.1 Å². The molecule has 0 spiro atoms. The fourth-order valence-corrected chi connectivity index (χ4v) is 5.05. The van der Waals surface area contributed by atoms with Crippen molar-refractivity contribution in [2.24, 2.45) is 0 Å². The van der Waals surface area contributed by atoms with Crippen molar-refractivity contribution >= 4 is 16.0 Å². The van der Waals surface area contributed by atoms with E-state index in [0.29, 0.717) is 17.7 Å². The SMILES string of the molecule is COc1ccc(C2CC=C(C(=O)O)CN2S(=O)(=O)c2ccccc2C)cc1. The van der Waals surface area contributed by atoms with Crippen LogP contribution in [0.4, 0.5) is 0 Å². The van der Waals surface area contributed by atoms with Crippen LogP contribution in [0.5, 0.6) is 5.75 Å². The molecule has 1 heterocycles. The molecule has 1 atom stereocenters. The van der Waals surface area contributed by atoms with E-state index >= 15 is 0 Å². The van der Waals surface area contributed by atoms with E-state index < -0.39 is 22.0 Å². The Morgan fingerprint density at radius 3 is 2.41 bits per heavy atom. The standard InChI is InChI=1S/C20H21NO5S/c1-14-5-3-4-6-19(14)27(24,25)21-13-16(20(22)23)9-12-18(21)15-7-10-17(26-2)11-8-15/h3-11,18H,12-13H2,1-2H3,(H,22,23). The van der Waals surface area contributed by atoms with Crippen LogP contribution < -0.4 is 4.74 Å². The summed E-state index contributed by atoms with van der Waals surface area (Å²) in [4.78, 5) is 11.6. The molecule has 0 aromatic heterocycles. The molecule has 2 aromatic carbocycles. The first-order chi connectivity index (χ1) is 12.8. The third-order valence-electron chi connectivity index (χ3n) is 4.72. The Hall–Kier alpha value is -2.64. The van der Waals surface area contributed by atoms with Gasteiger partial charge in [-0.25, -0.2) is 13.2 Å². The number of hydrogen-bond acceptors (Lipinski definition) is 4. The minimum Gasteiger partial charge on any atom is -0.497 e. The van der Waals surface area contributed by atoms with Crippen molar-refractivity contribution in [3.63, 3.8) is 0 Å². The van der Waals surface area contributed by atoms with E-state index in [1.165, 1.54) is 4.31 Å². The average Bonchev–Trinajstić information content (AvgIpc) is 2.67. The molecular weight excluding hydrogens is 366 g/mol. The summed E-state index contributed by atoms with van der Waals surface area (Å²) < 4.78 is 33.2. The van der Waals surface area contributed by atoms with Gasteiger partial charge < -0.3 is 9.84 Å². The molecule has 1 aliphatic heterocycles. The fourth-order valence-electron chi connectivity index (χ4n) is 3.22. The predicted molar refractivity (Wildman–Crippen MR) is 101 cm³/mol.